The zero-order chi connectivity index (χ0) is 34.3. The first-order valence-electron chi connectivity index (χ1n) is 15.6. The summed E-state index contributed by atoms with van der Waals surface area (Å²) in [6.45, 7) is 4.19. The van der Waals surface area contributed by atoms with Crippen molar-refractivity contribution in [2.75, 3.05) is 30.6 Å². The molecule has 252 valence electrons. The first-order valence-corrected chi connectivity index (χ1v) is 17.8. The quantitative estimate of drug-likeness (QED) is 0.173. The van der Waals surface area contributed by atoms with Crippen LogP contribution in [0.3, 0.4) is 0 Å². The van der Waals surface area contributed by atoms with Crippen LogP contribution in [0, 0.1) is 5.92 Å². The Labute approximate surface area is 291 Å². The van der Waals surface area contributed by atoms with Crippen molar-refractivity contribution in [2.24, 2.45) is 5.92 Å². The Morgan fingerprint density at radius 2 is 1.46 bits per heavy atom. The van der Waals surface area contributed by atoms with E-state index in [1.54, 1.807) is 48.5 Å². The number of carbonyl (C=O) groups excluding carboxylic acids is 2. The third-order valence-corrected chi connectivity index (χ3v) is 10.3. The number of anilines is 1. The van der Waals surface area contributed by atoms with E-state index in [-0.39, 0.29) is 35.4 Å². The van der Waals surface area contributed by atoms with Crippen LogP contribution in [0.5, 0.6) is 11.5 Å². The van der Waals surface area contributed by atoms with E-state index in [4.69, 9.17) is 32.7 Å². The number of rotatable bonds is 13. The molecule has 0 radical (unpaired) electrons. The molecule has 1 atom stereocenters. The summed E-state index contributed by atoms with van der Waals surface area (Å²) in [5, 5.41) is 3.58. The molecule has 0 aromatic heterocycles. The highest BCUT2D eigenvalue weighted by Crippen LogP contribution is 2.36. The fraction of sp³-hybridized carbons (Fsp3) is 0.278. The van der Waals surface area contributed by atoms with Crippen molar-refractivity contribution in [3.05, 3.63) is 118 Å². The number of hydrogen-bond acceptors (Lipinski definition) is 6. The number of sulfonamides is 1. The van der Waals surface area contributed by atoms with Crippen molar-refractivity contribution >= 4 is 50.7 Å². The van der Waals surface area contributed by atoms with Gasteiger partial charge in [-0.25, -0.2) is 8.42 Å². The Balaban J connectivity index is 1.60. The van der Waals surface area contributed by atoms with E-state index in [0.717, 1.165) is 9.87 Å². The number of nitrogens with one attached hydrogen (secondary N) is 1. The van der Waals surface area contributed by atoms with E-state index >= 15 is 0 Å². The monoisotopic (exact) mass is 709 g/mol. The second-order valence-electron chi connectivity index (χ2n) is 11.7. The highest BCUT2D eigenvalue weighted by Gasteiger charge is 2.35. The van der Waals surface area contributed by atoms with Crippen LogP contribution in [-0.4, -0.2) is 57.5 Å². The van der Waals surface area contributed by atoms with Crippen molar-refractivity contribution in [1.29, 1.82) is 0 Å². The maximum absolute atomic E-state index is 14.7. The lowest BCUT2D eigenvalue weighted by Crippen LogP contribution is -2.53. The Morgan fingerprint density at radius 1 is 0.833 bits per heavy atom. The van der Waals surface area contributed by atoms with Gasteiger partial charge in [-0.15, -0.1) is 0 Å². The molecule has 4 aromatic rings. The van der Waals surface area contributed by atoms with Crippen LogP contribution in [-0.2, 0) is 32.6 Å². The summed E-state index contributed by atoms with van der Waals surface area (Å²) in [7, 11) is -4.29. The van der Waals surface area contributed by atoms with Crippen molar-refractivity contribution < 1.29 is 27.5 Å². The highest BCUT2D eigenvalue weighted by atomic mass is 35.5. The smallest absolute Gasteiger partial charge is 0.264 e. The molecule has 0 fully saturated rings. The number of carbonyl (C=O) groups is 2. The third kappa shape index (κ3) is 8.42. The molecule has 1 N–H and O–H groups in total. The molecule has 0 saturated heterocycles. The van der Waals surface area contributed by atoms with E-state index in [0.29, 0.717) is 46.9 Å². The lowest BCUT2D eigenvalue weighted by molar-refractivity contribution is -0.140. The molecule has 1 heterocycles. The average molecular weight is 711 g/mol. The Kier molecular flexibility index (Phi) is 11.5. The fourth-order valence-electron chi connectivity index (χ4n) is 5.27. The molecule has 48 heavy (non-hydrogen) atoms. The Morgan fingerprint density at radius 3 is 2.10 bits per heavy atom. The molecule has 9 nitrogen and oxygen atoms in total. The van der Waals surface area contributed by atoms with Crippen LogP contribution in [0.2, 0.25) is 10.0 Å². The predicted octanol–water partition coefficient (Wildman–Crippen LogP) is 6.37. The van der Waals surface area contributed by atoms with Crippen molar-refractivity contribution in [2.45, 2.75) is 37.8 Å². The summed E-state index contributed by atoms with van der Waals surface area (Å²) >= 11 is 13.2. The molecular formula is C36H37Cl2N3O6S. The number of fused-ring (bicyclic) bond motifs is 1. The summed E-state index contributed by atoms with van der Waals surface area (Å²) in [5.41, 5.74) is 1.43. The van der Waals surface area contributed by atoms with Gasteiger partial charge in [0.25, 0.3) is 10.0 Å². The fourth-order valence-corrected chi connectivity index (χ4v) is 7.21. The topological polar surface area (TPSA) is 105 Å². The number of nitrogens with zero attached hydrogens (tertiary/aromatic N) is 2. The Bertz CT molecular complexity index is 1820. The maximum Gasteiger partial charge on any atom is 0.264 e. The van der Waals surface area contributed by atoms with E-state index in [9.17, 15) is 18.0 Å². The summed E-state index contributed by atoms with van der Waals surface area (Å²) in [6, 6.07) is 25.8. The molecular weight excluding hydrogens is 673 g/mol. The number of benzene rings is 4. The van der Waals surface area contributed by atoms with Crippen molar-refractivity contribution in [3.8, 4) is 11.5 Å². The summed E-state index contributed by atoms with van der Waals surface area (Å²) in [4.78, 5) is 30.0. The van der Waals surface area contributed by atoms with E-state index < -0.39 is 28.5 Å². The molecule has 1 aliphatic heterocycles. The van der Waals surface area contributed by atoms with Crippen LogP contribution in [0.25, 0.3) is 0 Å². The normalized spacial score (nSPS) is 13.1. The average Bonchev–Trinajstić information content (AvgIpc) is 3.09. The lowest BCUT2D eigenvalue weighted by atomic mass is 10.0. The number of halogens is 2. The van der Waals surface area contributed by atoms with Gasteiger partial charge in [-0.1, -0.05) is 91.6 Å². The van der Waals surface area contributed by atoms with Gasteiger partial charge in [0.05, 0.1) is 10.6 Å². The summed E-state index contributed by atoms with van der Waals surface area (Å²) < 4.78 is 40.9. The number of ether oxygens (including phenoxy) is 2. The minimum absolute atomic E-state index is 0.0103. The molecule has 0 aliphatic carbocycles. The van der Waals surface area contributed by atoms with Gasteiger partial charge in [-0.05, 0) is 47.9 Å². The standard InChI is InChI=1S/C36H37Cl2N3O6S/c1-25(2)22-39-36(43)32(20-26-10-5-3-6-11-26)40(23-29-30(37)14-9-15-31(29)38)35(42)24-41(48(44,45)28-12-7-4-8-13-28)27-16-17-33-34(21-27)47-19-18-46-33/h3-17,21,25,32H,18-20,22-24H2,1-2H3,(H,39,43)/t32-/m1/s1. The second-order valence-corrected chi connectivity index (χ2v) is 14.4. The van der Waals surface area contributed by atoms with Gasteiger partial charge in [0.2, 0.25) is 11.8 Å². The number of amides is 2. The molecule has 5 rings (SSSR count). The molecule has 1 aliphatic rings. The van der Waals surface area contributed by atoms with Crippen LogP contribution >= 0.6 is 23.2 Å². The Hall–Kier alpha value is -4.25. The van der Waals surface area contributed by atoms with E-state index in [1.807, 2.05) is 44.2 Å². The first-order chi connectivity index (χ1) is 23.0. The first kappa shape index (κ1) is 35.1. The van der Waals surface area contributed by atoms with Crippen LogP contribution in [0.1, 0.15) is 25.0 Å². The molecule has 2 amide bonds. The molecule has 12 heteroatoms. The van der Waals surface area contributed by atoms with Gasteiger partial charge < -0.3 is 19.7 Å². The predicted molar refractivity (Wildman–Crippen MR) is 187 cm³/mol. The van der Waals surface area contributed by atoms with Crippen LogP contribution in [0.15, 0.2) is 102 Å². The zero-order valence-electron chi connectivity index (χ0n) is 26.6. The lowest BCUT2D eigenvalue weighted by Gasteiger charge is -2.34. The van der Waals surface area contributed by atoms with Crippen molar-refractivity contribution in [3.63, 3.8) is 0 Å². The summed E-state index contributed by atoms with van der Waals surface area (Å²) in [6.07, 6.45) is 0.161. The maximum atomic E-state index is 14.7. The minimum Gasteiger partial charge on any atom is -0.486 e. The molecule has 0 unspecified atom stereocenters. The molecule has 0 bridgehead atoms. The molecule has 4 aromatic carbocycles. The third-order valence-electron chi connectivity index (χ3n) is 7.77. The van der Waals surface area contributed by atoms with Crippen LogP contribution < -0.4 is 19.1 Å². The zero-order valence-corrected chi connectivity index (χ0v) is 29.0. The van der Waals surface area contributed by atoms with Gasteiger partial charge >= 0.3 is 0 Å². The molecule has 0 spiro atoms. The van der Waals surface area contributed by atoms with Gasteiger partial charge in [-0.3, -0.25) is 13.9 Å². The SMILES string of the molecule is CC(C)CNC(=O)[C@@H](Cc1ccccc1)N(Cc1c(Cl)cccc1Cl)C(=O)CN(c1ccc2c(c1)OCCO2)S(=O)(=O)c1ccccc1. The minimum atomic E-state index is -4.29. The van der Waals surface area contributed by atoms with Gasteiger partial charge in [-0.2, -0.15) is 0 Å². The highest BCUT2D eigenvalue weighted by molar-refractivity contribution is 7.92. The second kappa shape index (κ2) is 15.8. The van der Waals surface area contributed by atoms with E-state index in [2.05, 4.69) is 5.32 Å². The van der Waals surface area contributed by atoms with Crippen LogP contribution in [0.4, 0.5) is 5.69 Å². The van der Waals surface area contributed by atoms with Gasteiger partial charge in [0, 0.05) is 41.2 Å². The van der Waals surface area contributed by atoms with Crippen molar-refractivity contribution in [1.82, 2.24) is 10.2 Å². The largest absolute Gasteiger partial charge is 0.486 e. The molecule has 0 saturated carbocycles. The number of hydrogen-bond donors (Lipinski definition) is 1. The van der Waals surface area contributed by atoms with Gasteiger partial charge in [0.1, 0.15) is 25.8 Å². The summed E-state index contributed by atoms with van der Waals surface area (Å²) in [5.74, 6) is -0.0561. The van der Waals surface area contributed by atoms with E-state index in [1.165, 1.54) is 23.1 Å². The van der Waals surface area contributed by atoms with Gasteiger partial charge in [0.15, 0.2) is 11.5 Å².